The Balaban J connectivity index is 1.64. The molecule has 5 nitrogen and oxygen atoms in total. The van der Waals surface area contributed by atoms with Gasteiger partial charge in [-0.05, 0) is 38.2 Å². The van der Waals surface area contributed by atoms with Gasteiger partial charge in [-0.3, -0.25) is 14.3 Å². The molecule has 2 aromatic rings. The zero-order valence-electron chi connectivity index (χ0n) is 15.3. The van der Waals surface area contributed by atoms with Gasteiger partial charge in [0.15, 0.2) is 11.6 Å². The zero-order chi connectivity index (χ0) is 20.9. The third-order valence-corrected chi connectivity index (χ3v) is 6.88. The quantitative estimate of drug-likeness (QED) is 0.692. The third kappa shape index (κ3) is 1.98. The van der Waals surface area contributed by atoms with Crippen molar-refractivity contribution < 1.29 is 26.7 Å². The predicted octanol–water partition coefficient (Wildman–Crippen LogP) is 4.35. The molecule has 0 N–H and O–H groups in total. The molecule has 29 heavy (non-hydrogen) atoms. The third-order valence-electron chi connectivity index (χ3n) is 6.88. The molecule has 0 bridgehead atoms. The van der Waals surface area contributed by atoms with Gasteiger partial charge in [0.05, 0.1) is 16.9 Å². The average molecular weight is 410 g/mol. The number of imidazole rings is 1. The molecule has 1 spiro atoms. The lowest BCUT2D eigenvalue weighted by molar-refractivity contribution is -0.202. The summed E-state index contributed by atoms with van der Waals surface area (Å²) in [5.41, 5.74) is -4.13. The minimum atomic E-state index is -4.50. The Hall–Kier alpha value is -2.70. The Morgan fingerprint density at radius 1 is 1.28 bits per heavy atom. The molecule has 1 atom stereocenters. The van der Waals surface area contributed by atoms with E-state index in [9.17, 15) is 26.7 Å². The number of alkyl halides is 3. The Morgan fingerprint density at radius 2 is 1.93 bits per heavy atom. The van der Waals surface area contributed by atoms with Crippen molar-refractivity contribution in [2.75, 3.05) is 4.90 Å². The second-order valence-electron chi connectivity index (χ2n) is 8.16. The number of carbonyl (C=O) groups is 1. The van der Waals surface area contributed by atoms with Crippen LogP contribution in [0.2, 0.25) is 0 Å². The molecule has 1 amide bonds. The van der Waals surface area contributed by atoms with E-state index in [-0.39, 0.29) is 29.8 Å². The molecule has 0 saturated heterocycles. The molecule has 2 aliphatic carbocycles. The Kier molecular flexibility index (Phi) is 3.33. The van der Waals surface area contributed by atoms with Crippen molar-refractivity contribution in [3.05, 3.63) is 23.3 Å². The molecule has 152 valence electrons. The van der Waals surface area contributed by atoms with Crippen LogP contribution in [0, 0.1) is 34.3 Å². The molecule has 1 aromatic carbocycles. The van der Waals surface area contributed by atoms with Crippen LogP contribution in [0.1, 0.15) is 44.6 Å². The van der Waals surface area contributed by atoms with E-state index in [0.717, 1.165) is 6.07 Å². The number of hydrogen-bond acceptors (Lipinski definition) is 3. The largest absolute Gasteiger partial charge is 0.395 e. The first kappa shape index (κ1) is 18.3. The van der Waals surface area contributed by atoms with Crippen LogP contribution in [0.15, 0.2) is 6.07 Å². The number of aromatic nitrogens is 2. The number of fused-ring (bicyclic) bond motifs is 4. The zero-order valence-corrected chi connectivity index (χ0v) is 15.3. The van der Waals surface area contributed by atoms with Gasteiger partial charge in [0.1, 0.15) is 22.8 Å². The molecule has 2 heterocycles. The minimum absolute atomic E-state index is 0.0672. The summed E-state index contributed by atoms with van der Waals surface area (Å²) in [6, 6.07) is 2.32. The summed E-state index contributed by atoms with van der Waals surface area (Å²) in [5, 5.41) is 9.05. The van der Waals surface area contributed by atoms with Gasteiger partial charge in [-0.2, -0.15) is 18.4 Å². The predicted molar refractivity (Wildman–Crippen MR) is 90.6 cm³/mol. The molecule has 1 aromatic heterocycles. The molecule has 1 aliphatic heterocycles. The Bertz CT molecular complexity index is 1120. The highest BCUT2D eigenvalue weighted by Crippen LogP contribution is 2.64. The van der Waals surface area contributed by atoms with E-state index in [0.29, 0.717) is 19.3 Å². The van der Waals surface area contributed by atoms with Crippen molar-refractivity contribution in [3.8, 4) is 6.07 Å². The number of amides is 1. The summed E-state index contributed by atoms with van der Waals surface area (Å²) >= 11 is 0. The van der Waals surface area contributed by atoms with Crippen LogP contribution in [-0.2, 0) is 10.5 Å². The van der Waals surface area contributed by atoms with Crippen molar-refractivity contribution in [1.29, 1.82) is 5.26 Å². The number of anilines is 1. The number of nitriles is 1. The molecule has 2 fully saturated rings. The van der Waals surface area contributed by atoms with Crippen molar-refractivity contribution in [2.24, 2.45) is 11.3 Å². The van der Waals surface area contributed by atoms with E-state index in [4.69, 9.17) is 5.26 Å². The molecule has 3 aliphatic rings. The second-order valence-corrected chi connectivity index (χ2v) is 8.16. The van der Waals surface area contributed by atoms with E-state index in [1.54, 1.807) is 6.07 Å². The number of carbonyl (C=O) groups excluding carboxylic acids is 1. The van der Waals surface area contributed by atoms with Crippen molar-refractivity contribution in [1.82, 2.24) is 9.55 Å². The van der Waals surface area contributed by atoms with Gasteiger partial charge in [0.25, 0.3) is 0 Å². The van der Waals surface area contributed by atoms with Crippen LogP contribution >= 0.6 is 0 Å². The highest BCUT2D eigenvalue weighted by molar-refractivity contribution is 6.00. The van der Waals surface area contributed by atoms with Crippen LogP contribution in [-0.4, -0.2) is 21.6 Å². The monoisotopic (exact) mass is 410 g/mol. The van der Waals surface area contributed by atoms with E-state index in [1.165, 1.54) is 16.4 Å². The summed E-state index contributed by atoms with van der Waals surface area (Å²) in [5.74, 6) is -3.98. The van der Waals surface area contributed by atoms with Crippen LogP contribution < -0.4 is 4.90 Å². The lowest BCUT2D eigenvalue weighted by atomic mass is 9.78. The summed E-state index contributed by atoms with van der Waals surface area (Å²) in [7, 11) is 0. The lowest BCUT2D eigenvalue weighted by Gasteiger charge is -2.58. The number of rotatable bonds is 2. The highest BCUT2D eigenvalue weighted by atomic mass is 19.4. The fraction of sp³-hybridized carbons (Fsp3) is 0.526. The lowest BCUT2D eigenvalue weighted by Crippen LogP contribution is -2.68. The Labute approximate surface area is 161 Å². The van der Waals surface area contributed by atoms with Crippen molar-refractivity contribution in [3.63, 3.8) is 0 Å². The van der Waals surface area contributed by atoms with E-state index in [2.05, 4.69) is 4.98 Å². The first-order valence-electron chi connectivity index (χ1n) is 9.31. The molecule has 5 rings (SSSR count). The topological polar surface area (TPSA) is 61.9 Å². The first-order valence-corrected chi connectivity index (χ1v) is 9.31. The van der Waals surface area contributed by atoms with Gasteiger partial charge in [-0.25, -0.2) is 13.8 Å². The van der Waals surface area contributed by atoms with Gasteiger partial charge < -0.3 is 0 Å². The smallest absolute Gasteiger partial charge is 0.282 e. The van der Waals surface area contributed by atoms with Gasteiger partial charge in [0, 0.05) is 0 Å². The fourth-order valence-electron chi connectivity index (χ4n) is 4.80. The summed E-state index contributed by atoms with van der Waals surface area (Å²) in [6.45, 7) is 1.26. The standard InChI is InChI=1S/C19H15F5N4O/c1-9(17(5-6-17)19(22,23)24)15(29)28-16-26-13-11(20)7-10(8-25)12(21)14(13)27(16)18(28)3-2-4-18/h7,9H,2-6H2,1H3. The SMILES string of the molecule is CC(C(=O)N1c2nc3c(F)cc(C#N)c(F)c3n2C12CCC2)C1(C(F)(F)F)CC1. The maximum atomic E-state index is 14.8. The van der Waals surface area contributed by atoms with Crippen LogP contribution in [0.4, 0.5) is 27.9 Å². The normalized spacial score (nSPS) is 21.9. The fourth-order valence-corrected chi connectivity index (χ4v) is 4.80. The Morgan fingerprint density at radius 3 is 2.41 bits per heavy atom. The number of hydrogen-bond donors (Lipinski definition) is 0. The van der Waals surface area contributed by atoms with Crippen molar-refractivity contribution >= 4 is 22.9 Å². The van der Waals surface area contributed by atoms with Crippen molar-refractivity contribution in [2.45, 2.75) is 50.9 Å². The van der Waals surface area contributed by atoms with Crippen LogP contribution in [0.25, 0.3) is 11.0 Å². The first-order chi connectivity index (χ1) is 13.6. The van der Waals surface area contributed by atoms with Gasteiger partial charge >= 0.3 is 6.18 Å². The maximum absolute atomic E-state index is 14.8. The van der Waals surface area contributed by atoms with Gasteiger partial charge in [-0.1, -0.05) is 6.92 Å². The summed E-state index contributed by atoms with van der Waals surface area (Å²) < 4.78 is 71.1. The number of nitrogens with zero attached hydrogens (tertiary/aromatic N) is 4. The van der Waals surface area contributed by atoms with Crippen LogP contribution in [0.5, 0.6) is 0 Å². The molecule has 10 heteroatoms. The minimum Gasteiger partial charge on any atom is -0.282 e. The van der Waals surface area contributed by atoms with E-state index < -0.39 is 46.3 Å². The second kappa shape index (κ2) is 5.26. The summed E-state index contributed by atoms with van der Waals surface area (Å²) in [6.07, 6.45) is -3.24. The van der Waals surface area contributed by atoms with E-state index in [1.807, 2.05) is 0 Å². The van der Waals surface area contributed by atoms with Gasteiger partial charge in [-0.15, -0.1) is 0 Å². The van der Waals surface area contributed by atoms with Gasteiger partial charge in [0.2, 0.25) is 11.9 Å². The molecular formula is C19H15F5N4O. The number of halogens is 5. The maximum Gasteiger partial charge on any atom is 0.395 e. The molecule has 2 saturated carbocycles. The molecule has 0 radical (unpaired) electrons. The molecular weight excluding hydrogens is 395 g/mol. The molecule has 1 unspecified atom stereocenters. The average Bonchev–Trinajstić information content (AvgIpc) is 3.35. The number of benzene rings is 1. The van der Waals surface area contributed by atoms with Crippen LogP contribution in [0.3, 0.4) is 0 Å². The van der Waals surface area contributed by atoms with E-state index >= 15 is 0 Å². The highest BCUT2D eigenvalue weighted by Gasteiger charge is 2.70. The summed E-state index contributed by atoms with van der Waals surface area (Å²) in [4.78, 5) is 18.3.